The average molecular weight is 266 g/mol. The van der Waals surface area contributed by atoms with E-state index >= 15 is 0 Å². The maximum Gasteiger partial charge on any atom is 0.224 e. The van der Waals surface area contributed by atoms with Crippen molar-refractivity contribution >= 4 is 29.0 Å². The first-order valence-corrected chi connectivity index (χ1v) is 7.15. The second-order valence-corrected chi connectivity index (χ2v) is 7.16. The Kier molecular flexibility index (Phi) is 5.54. The maximum absolute atomic E-state index is 11.7. The molecule has 4 heteroatoms. The summed E-state index contributed by atoms with van der Waals surface area (Å²) in [5.74, 6) is 1.08. The van der Waals surface area contributed by atoms with E-state index in [2.05, 4.69) is 26.1 Å². The van der Waals surface area contributed by atoms with Crippen LogP contribution < -0.4 is 11.1 Å². The van der Waals surface area contributed by atoms with Gasteiger partial charge in [0.25, 0.3) is 0 Å². The number of hydrogen-bond acceptors (Lipinski definition) is 3. The van der Waals surface area contributed by atoms with E-state index in [0.29, 0.717) is 12.1 Å². The van der Waals surface area contributed by atoms with Crippen LogP contribution in [0, 0.1) is 0 Å². The van der Waals surface area contributed by atoms with Crippen LogP contribution in [0.2, 0.25) is 0 Å². The van der Waals surface area contributed by atoms with Gasteiger partial charge in [-0.15, -0.1) is 0 Å². The van der Waals surface area contributed by atoms with Gasteiger partial charge >= 0.3 is 0 Å². The summed E-state index contributed by atoms with van der Waals surface area (Å²) in [4.78, 5) is 11.7. The molecule has 0 aliphatic rings. The predicted octanol–water partition coefficient (Wildman–Crippen LogP) is 3.52. The third kappa shape index (κ3) is 6.55. The summed E-state index contributed by atoms with van der Waals surface area (Å²) in [5, 5.41) is 2.86. The van der Waals surface area contributed by atoms with Crippen LogP contribution in [0.15, 0.2) is 24.3 Å². The molecule has 1 amide bonds. The molecule has 0 atom stereocenters. The highest BCUT2D eigenvalue weighted by atomic mass is 32.2. The Morgan fingerprint density at radius 3 is 2.44 bits per heavy atom. The number of carbonyl (C=O) groups excluding carboxylic acids is 1. The van der Waals surface area contributed by atoms with E-state index in [-0.39, 0.29) is 10.7 Å². The van der Waals surface area contributed by atoms with Crippen molar-refractivity contribution in [2.24, 2.45) is 0 Å². The van der Waals surface area contributed by atoms with Gasteiger partial charge < -0.3 is 11.1 Å². The van der Waals surface area contributed by atoms with E-state index < -0.39 is 0 Å². The van der Waals surface area contributed by atoms with Gasteiger partial charge in [-0.05, 0) is 36.4 Å². The lowest BCUT2D eigenvalue weighted by Gasteiger charge is -2.17. The minimum absolute atomic E-state index is 0.0641. The van der Waals surface area contributed by atoms with Gasteiger partial charge in [-0.3, -0.25) is 4.79 Å². The fourth-order valence-electron chi connectivity index (χ4n) is 1.40. The number of thioether (sulfide) groups is 1. The topological polar surface area (TPSA) is 55.1 Å². The van der Waals surface area contributed by atoms with Gasteiger partial charge in [0.15, 0.2) is 0 Å². The summed E-state index contributed by atoms with van der Waals surface area (Å²) in [5.41, 5.74) is 7.09. The summed E-state index contributed by atoms with van der Waals surface area (Å²) >= 11 is 1.89. The molecule has 3 nitrogen and oxygen atoms in total. The van der Waals surface area contributed by atoms with Crippen molar-refractivity contribution < 1.29 is 4.79 Å². The summed E-state index contributed by atoms with van der Waals surface area (Å²) in [6.07, 6.45) is 1.47. The average Bonchev–Trinajstić information content (AvgIpc) is 2.26. The number of nitrogens with two attached hydrogens (primary N) is 1. The van der Waals surface area contributed by atoms with Gasteiger partial charge in [0, 0.05) is 22.5 Å². The molecule has 0 unspecified atom stereocenters. The van der Waals surface area contributed by atoms with Crippen LogP contribution in [0.25, 0.3) is 0 Å². The van der Waals surface area contributed by atoms with Crippen molar-refractivity contribution in [1.82, 2.24) is 0 Å². The van der Waals surface area contributed by atoms with Gasteiger partial charge in [0.05, 0.1) is 0 Å². The Balaban J connectivity index is 2.24. The van der Waals surface area contributed by atoms with E-state index in [1.54, 1.807) is 12.1 Å². The third-order valence-corrected chi connectivity index (χ3v) is 3.64. The molecule has 0 saturated carbocycles. The second kappa shape index (κ2) is 6.69. The molecular formula is C14H22N2OS. The van der Waals surface area contributed by atoms with E-state index in [0.717, 1.165) is 17.9 Å². The highest BCUT2D eigenvalue weighted by Crippen LogP contribution is 2.24. The minimum atomic E-state index is 0.0641. The highest BCUT2D eigenvalue weighted by molar-refractivity contribution is 8.00. The number of rotatable bonds is 5. The molecule has 100 valence electrons. The van der Waals surface area contributed by atoms with Gasteiger partial charge in [-0.2, -0.15) is 11.8 Å². The van der Waals surface area contributed by atoms with Gasteiger partial charge in [-0.25, -0.2) is 0 Å². The Labute approximate surface area is 114 Å². The minimum Gasteiger partial charge on any atom is -0.399 e. The first-order chi connectivity index (χ1) is 8.37. The molecule has 0 saturated heterocycles. The number of hydrogen-bond donors (Lipinski definition) is 2. The zero-order valence-electron chi connectivity index (χ0n) is 11.3. The molecule has 0 aromatic heterocycles. The predicted molar refractivity (Wildman–Crippen MR) is 80.9 cm³/mol. The normalized spacial score (nSPS) is 11.3. The van der Waals surface area contributed by atoms with Gasteiger partial charge in [-0.1, -0.05) is 20.8 Å². The van der Waals surface area contributed by atoms with Gasteiger partial charge in [0.2, 0.25) is 5.91 Å². The van der Waals surface area contributed by atoms with Crippen molar-refractivity contribution in [2.45, 2.75) is 38.4 Å². The van der Waals surface area contributed by atoms with E-state index in [1.165, 1.54) is 0 Å². The van der Waals surface area contributed by atoms with Crippen molar-refractivity contribution in [2.75, 3.05) is 16.8 Å². The van der Waals surface area contributed by atoms with Crippen LogP contribution in [0.5, 0.6) is 0 Å². The number of anilines is 2. The van der Waals surface area contributed by atoms with Crippen LogP contribution in [-0.2, 0) is 4.79 Å². The molecule has 0 radical (unpaired) electrons. The van der Waals surface area contributed by atoms with Crippen LogP contribution in [0.3, 0.4) is 0 Å². The van der Waals surface area contributed by atoms with Crippen molar-refractivity contribution in [3.63, 3.8) is 0 Å². The Hall–Kier alpha value is -1.16. The molecular weight excluding hydrogens is 244 g/mol. The zero-order valence-corrected chi connectivity index (χ0v) is 12.1. The van der Waals surface area contributed by atoms with E-state index in [9.17, 15) is 4.79 Å². The Morgan fingerprint density at radius 1 is 1.28 bits per heavy atom. The molecule has 1 aromatic carbocycles. The molecule has 18 heavy (non-hydrogen) atoms. The lowest BCUT2D eigenvalue weighted by Crippen LogP contribution is -2.13. The Bertz CT molecular complexity index is 382. The lowest BCUT2D eigenvalue weighted by molar-refractivity contribution is -0.116. The SMILES string of the molecule is CC(C)(C)SCCCC(=O)Nc1ccc(N)cc1. The number of amides is 1. The fourth-order valence-corrected chi connectivity index (χ4v) is 2.30. The molecule has 0 fully saturated rings. The Morgan fingerprint density at radius 2 is 1.89 bits per heavy atom. The number of carbonyl (C=O) groups is 1. The molecule has 0 bridgehead atoms. The lowest BCUT2D eigenvalue weighted by atomic mass is 10.2. The van der Waals surface area contributed by atoms with Crippen LogP contribution in [0.1, 0.15) is 33.6 Å². The van der Waals surface area contributed by atoms with Crippen LogP contribution >= 0.6 is 11.8 Å². The molecule has 0 aliphatic carbocycles. The first kappa shape index (κ1) is 14.9. The van der Waals surface area contributed by atoms with E-state index in [1.807, 2.05) is 23.9 Å². The summed E-state index contributed by atoms with van der Waals surface area (Å²) < 4.78 is 0.271. The summed E-state index contributed by atoms with van der Waals surface area (Å²) in [6.45, 7) is 6.56. The zero-order chi connectivity index (χ0) is 13.6. The van der Waals surface area contributed by atoms with Crippen molar-refractivity contribution in [1.29, 1.82) is 0 Å². The van der Waals surface area contributed by atoms with Crippen LogP contribution in [0.4, 0.5) is 11.4 Å². The van der Waals surface area contributed by atoms with Gasteiger partial charge in [0.1, 0.15) is 0 Å². The monoisotopic (exact) mass is 266 g/mol. The molecule has 0 spiro atoms. The summed E-state index contributed by atoms with van der Waals surface area (Å²) in [6, 6.07) is 7.20. The van der Waals surface area contributed by atoms with Crippen LogP contribution in [-0.4, -0.2) is 16.4 Å². The van der Waals surface area contributed by atoms with E-state index in [4.69, 9.17) is 5.73 Å². The molecule has 1 rings (SSSR count). The van der Waals surface area contributed by atoms with Crippen molar-refractivity contribution in [3.05, 3.63) is 24.3 Å². The second-order valence-electron chi connectivity index (χ2n) is 5.23. The molecule has 0 heterocycles. The molecule has 0 aliphatic heterocycles. The summed E-state index contributed by atoms with van der Waals surface area (Å²) in [7, 11) is 0. The standard InChI is InChI=1S/C14H22N2OS/c1-14(2,3)18-10-4-5-13(17)16-12-8-6-11(15)7-9-12/h6-9H,4-5,10,15H2,1-3H3,(H,16,17). The number of benzene rings is 1. The van der Waals surface area contributed by atoms with Crippen molar-refractivity contribution in [3.8, 4) is 0 Å². The largest absolute Gasteiger partial charge is 0.399 e. The molecule has 1 aromatic rings. The maximum atomic E-state index is 11.7. The highest BCUT2D eigenvalue weighted by Gasteiger charge is 2.10. The molecule has 3 N–H and O–H groups in total. The number of nitrogen functional groups attached to an aromatic ring is 1. The quantitative estimate of drug-likeness (QED) is 0.633. The smallest absolute Gasteiger partial charge is 0.224 e. The fraction of sp³-hybridized carbons (Fsp3) is 0.500. The number of nitrogens with one attached hydrogen (secondary N) is 1. The third-order valence-electron chi connectivity index (χ3n) is 2.28. The first-order valence-electron chi connectivity index (χ1n) is 6.16.